The van der Waals surface area contributed by atoms with Crippen LogP contribution in [-0.2, 0) is 4.79 Å². The predicted octanol–water partition coefficient (Wildman–Crippen LogP) is -0.270. The van der Waals surface area contributed by atoms with Gasteiger partial charge < -0.3 is 19.8 Å². The van der Waals surface area contributed by atoms with Crippen LogP contribution in [0.1, 0.15) is 6.42 Å². The number of amides is 1. The molecule has 138 valence electrons. The summed E-state index contributed by atoms with van der Waals surface area (Å²) in [5.41, 5.74) is 0. The van der Waals surface area contributed by atoms with Gasteiger partial charge >= 0.3 is 0 Å². The zero-order valence-corrected chi connectivity index (χ0v) is 14.9. The molecule has 0 bridgehead atoms. The average molecular weight is 347 g/mol. The Morgan fingerprint density at radius 3 is 2.24 bits per heavy atom. The van der Waals surface area contributed by atoms with Gasteiger partial charge in [-0.25, -0.2) is 4.98 Å². The molecule has 3 rings (SSSR count). The predicted molar refractivity (Wildman–Crippen MR) is 97.6 cm³/mol. The summed E-state index contributed by atoms with van der Waals surface area (Å²) < 4.78 is 0. The lowest BCUT2D eigenvalue weighted by atomic mass is 10.2. The lowest BCUT2D eigenvalue weighted by Crippen LogP contribution is -2.50. The van der Waals surface area contributed by atoms with E-state index >= 15 is 0 Å². The van der Waals surface area contributed by atoms with Crippen molar-refractivity contribution in [1.29, 1.82) is 0 Å². The first-order chi connectivity index (χ1) is 12.3. The minimum Gasteiger partial charge on any atom is -0.395 e. The molecule has 0 saturated carbocycles. The normalized spacial score (nSPS) is 20.0. The molecule has 1 aromatic rings. The Morgan fingerprint density at radius 1 is 0.960 bits per heavy atom. The first-order valence-electron chi connectivity index (χ1n) is 9.25. The van der Waals surface area contributed by atoms with Crippen molar-refractivity contribution < 1.29 is 9.90 Å². The molecule has 2 aliphatic heterocycles. The number of pyridine rings is 1. The summed E-state index contributed by atoms with van der Waals surface area (Å²) in [6.45, 7) is 9.02. The SMILES string of the molecule is O=C(CCN1CCN(CCO)CC1)N1CCN(c2ccccn2)CC1. The van der Waals surface area contributed by atoms with Crippen LogP contribution in [0.15, 0.2) is 24.4 Å². The Labute approximate surface area is 149 Å². The largest absolute Gasteiger partial charge is 0.395 e. The Balaban J connectivity index is 1.36. The number of nitrogens with zero attached hydrogens (tertiary/aromatic N) is 5. The number of anilines is 1. The monoisotopic (exact) mass is 347 g/mol. The van der Waals surface area contributed by atoms with Gasteiger partial charge in [0, 0.05) is 78.1 Å². The van der Waals surface area contributed by atoms with E-state index < -0.39 is 0 Å². The minimum atomic E-state index is 0.225. The van der Waals surface area contributed by atoms with E-state index in [9.17, 15) is 4.79 Å². The summed E-state index contributed by atoms with van der Waals surface area (Å²) in [5, 5.41) is 8.98. The molecule has 3 heterocycles. The van der Waals surface area contributed by atoms with Crippen molar-refractivity contribution in [2.75, 3.05) is 77.0 Å². The van der Waals surface area contributed by atoms with Crippen molar-refractivity contribution in [3.05, 3.63) is 24.4 Å². The lowest BCUT2D eigenvalue weighted by Gasteiger charge is -2.37. The maximum absolute atomic E-state index is 12.5. The average Bonchev–Trinajstić information content (AvgIpc) is 2.68. The first-order valence-corrected chi connectivity index (χ1v) is 9.25. The quantitative estimate of drug-likeness (QED) is 0.764. The van der Waals surface area contributed by atoms with Crippen LogP contribution in [0, 0.1) is 0 Å². The molecule has 0 aliphatic carbocycles. The molecular weight excluding hydrogens is 318 g/mol. The summed E-state index contributed by atoms with van der Waals surface area (Å²) in [7, 11) is 0. The van der Waals surface area contributed by atoms with Crippen molar-refractivity contribution >= 4 is 11.7 Å². The second kappa shape index (κ2) is 9.12. The Morgan fingerprint density at radius 2 is 1.64 bits per heavy atom. The van der Waals surface area contributed by atoms with E-state index in [2.05, 4.69) is 19.7 Å². The molecule has 1 amide bonds. The van der Waals surface area contributed by atoms with Crippen LogP contribution in [0.4, 0.5) is 5.82 Å². The summed E-state index contributed by atoms with van der Waals surface area (Å²) in [6, 6.07) is 5.95. The third-order valence-corrected chi connectivity index (χ3v) is 5.13. The van der Waals surface area contributed by atoms with Gasteiger partial charge in [-0.3, -0.25) is 9.69 Å². The molecule has 2 aliphatic rings. The molecule has 2 fully saturated rings. The molecule has 0 aromatic carbocycles. The summed E-state index contributed by atoms with van der Waals surface area (Å²) in [6.07, 6.45) is 2.41. The number of aliphatic hydroxyl groups excluding tert-OH is 1. The highest BCUT2D eigenvalue weighted by molar-refractivity contribution is 5.76. The fraction of sp³-hybridized carbons (Fsp3) is 0.667. The highest BCUT2D eigenvalue weighted by Gasteiger charge is 2.23. The first kappa shape index (κ1) is 18.1. The van der Waals surface area contributed by atoms with Crippen molar-refractivity contribution in [3.8, 4) is 0 Å². The third-order valence-electron chi connectivity index (χ3n) is 5.13. The lowest BCUT2D eigenvalue weighted by molar-refractivity contribution is -0.131. The van der Waals surface area contributed by atoms with E-state index in [1.165, 1.54) is 0 Å². The Hall–Kier alpha value is -1.70. The number of hydrogen-bond donors (Lipinski definition) is 1. The molecule has 0 atom stereocenters. The van der Waals surface area contributed by atoms with E-state index in [1.54, 1.807) is 0 Å². The molecule has 2 saturated heterocycles. The van der Waals surface area contributed by atoms with Gasteiger partial charge in [-0.05, 0) is 12.1 Å². The smallest absolute Gasteiger partial charge is 0.223 e. The standard InChI is InChI=1S/C18H29N5O2/c24-16-15-21-9-7-20(8-10-21)6-4-18(25)23-13-11-22(12-14-23)17-3-1-2-5-19-17/h1-3,5,24H,4,6-16H2. The van der Waals surface area contributed by atoms with Crippen molar-refractivity contribution in [2.45, 2.75) is 6.42 Å². The van der Waals surface area contributed by atoms with E-state index in [1.807, 2.05) is 29.3 Å². The molecule has 25 heavy (non-hydrogen) atoms. The van der Waals surface area contributed by atoms with Gasteiger partial charge in [-0.15, -0.1) is 0 Å². The number of carbonyl (C=O) groups is 1. The van der Waals surface area contributed by atoms with Gasteiger partial charge in [0.15, 0.2) is 0 Å². The number of rotatable bonds is 6. The fourth-order valence-electron chi connectivity index (χ4n) is 3.52. The second-order valence-electron chi connectivity index (χ2n) is 6.71. The van der Waals surface area contributed by atoms with Crippen LogP contribution < -0.4 is 4.90 Å². The van der Waals surface area contributed by atoms with Crippen LogP contribution in [0.25, 0.3) is 0 Å². The van der Waals surface area contributed by atoms with Crippen LogP contribution in [0.3, 0.4) is 0 Å². The van der Waals surface area contributed by atoms with Crippen molar-refractivity contribution in [1.82, 2.24) is 19.7 Å². The van der Waals surface area contributed by atoms with Gasteiger partial charge in [0.1, 0.15) is 5.82 Å². The minimum absolute atomic E-state index is 0.225. The topological polar surface area (TPSA) is 63.2 Å². The van der Waals surface area contributed by atoms with E-state index in [0.29, 0.717) is 6.42 Å². The van der Waals surface area contributed by atoms with Gasteiger partial charge in [0.25, 0.3) is 0 Å². The Kier molecular flexibility index (Phi) is 6.61. The molecule has 0 spiro atoms. The number of piperazine rings is 2. The Bertz CT molecular complexity index is 526. The van der Waals surface area contributed by atoms with Crippen molar-refractivity contribution in [2.24, 2.45) is 0 Å². The van der Waals surface area contributed by atoms with Gasteiger partial charge in [0.2, 0.25) is 5.91 Å². The van der Waals surface area contributed by atoms with E-state index in [4.69, 9.17) is 5.11 Å². The zero-order valence-electron chi connectivity index (χ0n) is 14.9. The van der Waals surface area contributed by atoms with Crippen LogP contribution in [-0.4, -0.2) is 103 Å². The van der Waals surface area contributed by atoms with Crippen LogP contribution in [0.5, 0.6) is 0 Å². The third kappa shape index (κ3) is 5.14. The molecule has 1 N–H and O–H groups in total. The van der Waals surface area contributed by atoms with Gasteiger partial charge in [0.05, 0.1) is 6.61 Å². The summed E-state index contributed by atoms with van der Waals surface area (Å²) >= 11 is 0. The van der Waals surface area contributed by atoms with E-state index in [0.717, 1.165) is 71.3 Å². The molecule has 7 nitrogen and oxygen atoms in total. The second-order valence-corrected chi connectivity index (χ2v) is 6.71. The molecule has 0 unspecified atom stereocenters. The molecular formula is C18H29N5O2. The highest BCUT2D eigenvalue weighted by Crippen LogP contribution is 2.13. The van der Waals surface area contributed by atoms with Gasteiger partial charge in [-0.1, -0.05) is 6.07 Å². The maximum atomic E-state index is 12.5. The molecule has 0 radical (unpaired) electrons. The van der Waals surface area contributed by atoms with Crippen molar-refractivity contribution in [3.63, 3.8) is 0 Å². The number of carbonyl (C=O) groups excluding carboxylic acids is 1. The van der Waals surface area contributed by atoms with Gasteiger partial charge in [-0.2, -0.15) is 0 Å². The molecule has 7 heteroatoms. The number of hydrogen-bond acceptors (Lipinski definition) is 6. The number of aromatic nitrogens is 1. The molecule has 1 aromatic heterocycles. The number of β-amino-alcohol motifs (C(OH)–C–C–N with tert-alkyl or cyclic N) is 1. The van der Waals surface area contributed by atoms with Crippen LogP contribution in [0.2, 0.25) is 0 Å². The highest BCUT2D eigenvalue weighted by atomic mass is 16.3. The maximum Gasteiger partial charge on any atom is 0.223 e. The van der Waals surface area contributed by atoms with E-state index in [-0.39, 0.29) is 12.5 Å². The summed E-state index contributed by atoms with van der Waals surface area (Å²) in [4.78, 5) is 25.7. The van der Waals surface area contributed by atoms with Crippen LogP contribution >= 0.6 is 0 Å². The number of aliphatic hydroxyl groups is 1. The zero-order chi connectivity index (χ0) is 17.5. The fourth-order valence-corrected chi connectivity index (χ4v) is 3.52. The summed E-state index contributed by atoms with van der Waals surface area (Å²) in [5.74, 6) is 1.26.